The molecule has 0 radical (unpaired) electrons. The van der Waals surface area contributed by atoms with E-state index in [9.17, 15) is 48.9 Å². The highest BCUT2D eigenvalue weighted by Gasteiger charge is 2.53. The minimum absolute atomic E-state index is 0.00493. The van der Waals surface area contributed by atoms with Gasteiger partial charge in [0.2, 0.25) is 23.5 Å². The number of piperazine rings is 1. The molecule has 15 atom stereocenters. The Bertz CT molecular complexity index is 5410. The molecule has 4 aliphatic heterocycles. The molecule has 0 spiro atoms. The number of nitrogen functional groups attached to an aromatic ring is 2. The third-order valence-electron chi connectivity index (χ3n) is 26.1. The first-order chi connectivity index (χ1) is 64.1. The van der Waals surface area contributed by atoms with Crippen LogP contribution in [0, 0.1) is 29.6 Å². The van der Waals surface area contributed by atoms with Crippen molar-refractivity contribution in [2.45, 2.75) is 224 Å². The third-order valence-corrected chi connectivity index (χ3v) is 26.1. The molecule has 8 aromatic rings. The number of aryl methyl sites for hydroxylation is 2. The van der Waals surface area contributed by atoms with Gasteiger partial charge in [-0.05, 0) is 144 Å². The second kappa shape index (κ2) is 47.0. The predicted molar refractivity (Wildman–Crippen MR) is 492 cm³/mol. The average molecular weight is 1840 g/mol. The van der Waals surface area contributed by atoms with Crippen molar-refractivity contribution in [1.29, 1.82) is 0 Å². The Hall–Kier alpha value is -11.3. The zero-order valence-electron chi connectivity index (χ0n) is 77.2. The number of ketones is 3. The minimum atomic E-state index is -2.51. The summed E-state index contributed by atoms with van der Waals surface area (Å²) in [6.07, 6.45) is 19.7. The quantitative estimate of drug-likeness (QED) is 0.00975. The molecule has 133 heavy (non-hydrogen) atoms. The number of cyclic esters (lactones) is 1. The number of carbonyl (C=O) groups is 7. The fourth-order valence-corrected chi connectivity index (χ4v) is 18.3. The van der Waals surface area contributed by atoms with Gasteiger partial charge in [-0.3, -0.25) is 28.8 Å². The lowest BCUT2D eigenvalue weighted by Crippen LogP contribution is -2.61. The number of nitrogens with zero attached hydrogens (tertiary/aromatic N) is 16. The summed E-state index contributed by atoms with van der Waals surface area (Å²) in [5.41, 5.74) is 27.4. The van der Waals surface area contributed by atoms with Crippen LogP contribution in [0.2, 0.25) is 0 Å². The number of unbranched alkanes of at least 4 members (excludes halogenated alkanes) is 1. The normalized spacial score (nSPS) is 26.5. The first-order valence-corrected chi connectivity index (χ1v) is 46.4. The predicted octanol–water partition coefficient (Wildman–Crippen LogP) is 7.84. The van der Waals surface area contributed by atoms with Crippen molar-refractivity contribution < 1.29 is 86.5 Å². The average Bonchev–Trinajstić information content (AvgIpc) is 1.64. The molecule has 38 heteroatoms. The standard InChI is InChI=1S/C95H128N20O18/c1-58-17-10-9-11-18-59(2)78(126-7)51-70-26-22-63(6)95(125,133-70)88(122)91(123)113-32-14-12-21-74(113)92(124)131-79(52-76(116)60(3)46-62(5)86(120)87(121)85(119)61(4)45-58)71(96)47-64-23-27-73(80(48-64)127-8)115-75(55-104-108-115)66-20-16-19-65(49-66)68-53-100-94(101-54-68)111-36-34-110(35-37-111)82(118)29-25-69-56-112(109-106-69)38-40-129-42-44-130-43-41-128-39-30-81(117)99-31-13-15-33-114-90-83(89(97)102-57-103-90)84(107-114)67-24-28-77-72(50-67)105-93(98)132-77/h9-11,16-20,24,28,46,49-50,53-58,60-61,63-64,70-71,73-74,78-80,86-87,120-121,125H,12-15,21-23,25-27,29-45,47-48,51-52,96H2,1-8H3,(H2,98,105)(H,99,117)(H2,97,102,103)/b11-9+,17-10+,59-18+,62-46+/t58-,60-,61-,63-,64+,70+,71-,73+,74+,78+,79+,80-,86-,87+,95-/m1/s1. The molecule has 1 aliphatic carbocycles. The number of benzene rings is 2. The number of ether oxygens (including phenoxy) is 7. The van der Waals surface area contributed by atoms with Crippen LogP contribution in [0.5, 0.6) is 0 Å². The number of esters is 1. The number of hydrogen-bond acceptors (Lipinski definition) is 32. The summed E-state index contributed by atoms with van der Waals surface area (Å²) >= 11 is 0. The number of oxazole rings is 1. The molecule has 6 aromatic heterocycles. The lowest BCUT2D eigenvalue weighted by Gasteiger charge is -2.42. The van der Waals surface area contributed by atoms with Crippen molar-refractivity contribution >= 4 is 81.0 Å². The summed E-state index contributed by atoms with van der Waals surface area (Å²) in [6, 6.07) is 11.0. The van der Waals surface area contributed by atoms with Crippen LogP contribution in [0.3, 0.4) is 0 Å². The number of allylic oxidation sites excluding steroid dienone is 6. The highest BCUT2D eigenvalue weighted by molar-refractivity contribution is 6.39. The number of amides is 3. The van der Waals surface area contributed by atoms with Gasteiger partial charge in [0.15, 0.2) is 17.0 Å². The number of carbonyl (C=O) groups excluding carboxylic acids is 7. The summed E-state index contributed by atoms with van der Waals surface area (Å²) in [5, 5.41) is 60.9. The summed E-state index contributed by atoms with van der Waals surface area (Å²) < 4.78 is 52.6. The number of nitrogens with two attached hydrogens (primary N) is 3. The van der Waals surface area contributed by atoms with Crippen LogP contribution in [0.25, 0.3) is 55.8 Å². The minimum Gasteiger partial charge on any atom is -0.459 e. The molecular weight excluding hydrogens is 1710 g/mol. The van der Waals surface area contributed by atoms with Crippen molar-refractivity contribution in [3.8, 4) is 33.6 Å². The van der Waals surface area contributed by atoms with Crippen LogP contribution in [0.15, 0.2) is 126 Å². The molecule has 1 saturated carbocycles. The Labute approximate surface area is 773 Å². The van der Waals surface area contributed by atoms with Gasteiger partial charge >= 0.3 is 5.97 Å². The second-order valence-electron chi connectivity index (χ2n) is 35.7. The number of piperidine rings is 1. The van der Waals surface area contributed by atoms with Gasteiger partial charge in [0.1, 0.15) is 53.5 Å². The Morgan fingerprint density at radius 3 is 2.29 bits per heavy atom. The Morgan fingerprint density at radius 2 is 1.51 bits per heavy atom. The molecule has 2 bridgehead atoms. The number of aliphatic hydroxyl groups is 3. The van der Waals surface area contributed by atoms with Crippen molar-refractivity contribution in [3.63, 3.8) is 0 Å². The third kappa shape index (κ3) is 25.6. The van der Waals surface area contributed by atoms with Gasteiger partial charge in [-0.15, -0.1) is 10.2 Å². The van der Waals surface area contributed by atoms with E-state index in [2.05, 4.69) is 45.8 Å². The highest BCUT2D eigenvalue weighted by atomic mass is 16.6. The van der Waals surface area contributed by atoms with Crippen LogP contribution in [0.4, 0.5) is 17.8 Å². The molecule has 716 valence electrons. The van der Waals surface area contributed by atoms with Gasteiger partial charge in [-0.25, -0.2) is 38.8 Å². The number of Topliss-reactive ketones (excluding diaryl/α,β-unsaturated/α-hetero) is 3. The van der Waals surface area contributed by atoms with E-state index in [4.69, 9.17) is 69.8 Å². The summed E-state index contributed by atoms with van der Waals surface area (Å²) in [4.78, 5) is 126. The fourth-order valence-electron chi connectivity index (χ4n) is 18.3. The largest absolute Gasteiger partial charge is 0.459 e. The number of hydrogen-bond donors (Lipinski definition) is 7. The van der Waals surface area contributed by atoms with Crippen molar-refractivity contribution in [2.24, 2.45) is 35.3 Å². The van der Waals surface area contributed by atoms with Gasteiger partial charge in [0.05, 0.1) is 93.5 Å². The number of nitrogens with one attached hydrogen (secondary N) is 1. The van der Waals surface area contributed by atoms with Gasteiger partial charge in [0.25, 0.3) is 17.7 Å². The van der Waals surface area contributed by atoms with Crippen LogP contribution in [-0.4, -0.2) is 278 Å². The topological polar surface area (TPSA) is 501 Å². The first-order valence-electron chi connectivity index (χ1n) is 46.4. The maximum absolute atomic E-state index is 14.9. The number of methoxy groups -OCH3 is 2. The maximum atomic E-state index is 14.9. The van der Waals surface area contributed by atoms with E-state index in [1.54, 1.807) is 69.0 Å². The molecule has 3 amide bonds. The number of anilines is 3. The Morgan fingerprint density at radius 1 is 0.744 bits per heavy atom. The molecule has 4 fully saturated rings. The second-order valence-corrected chi connectivity index (χ2v) is 35.7. The van der Waals surface area contributed by atoms with Gasteiger partial charge in [0, 0.05) is 151 Å². The van der Waals surface area contributed by atoms with E-state index >= 15 is 0 Å². The molecular formula is C95H128N20O18. The summed E-state index contributed by atoms with van der Waals surface area (Å²) in [5.74, 6) is -8.39. The fraction of sp³-hybridized carbons (Fsp3) is 0.568. The zero-order chi connectivity index (χ0) is 94.4. The van der Waals surface area contributed by atoms with Crippen molar-refractivity contribution in [3.05, 3.63) is 127 Å². The first kappa shape index (κ1) is 99.2. The number of rotatable bonds is 30. The maximum Gasteiger partial charge on any atom is 0.329 e. The monoisotopic (exact) mass is 1840 g/mol. The van der Waals surface area contributed by atoms with E-state index in [0.29, 0.717) is 188 Å². The van der Waals surface area contributed by atoms with Crippen LogP contribution in [0.1, 0.15) is 156 Å². The Balaban J connectivity index is 0.536. The molecule has 2 aromatic carbocycles. The number of aromatic nitrogens is 13. The van der Waals surface area contributed by atoms with E-state index in [1.165, 1.54) is 19.3 Å². The lowest BCUT2D eigenvalue weighted by molar-refractivity contribution is -0.265. The van der Waals surface area contributed by atoms with Crippen molar-refractivity contribution in [1.82, 2.24) is 79.8 Å². The summed E-state index contributed by atoms with van der Waals surface area (Å²) in [6.45, 7) is 16.0. The van der Waals surface area contributed by atoms with Crippen LogP contribution >= 0.6 is 0 Å². The van der Waals surface area contributed by atoms with E-state index < -0.39 is 101 Å². The Kier molecular flexibility index (Phi) is 35.1. The molecule has 5 aliphatic rings. The van der Waals surface area contributed by atoms with Gasteiger partial charge in [-0.2, -0.15) is 10.1 Å². The molecule has 3 saturated heterocycles. The smallest absolute Gasteiger partial charge is 0.329 e. The molecule has 10 heterocycles. The SMILES string of the molecule is CO[C@H]1C[C@@H]2CC[C@@H](C)[C@@](O)(O2)C(=O)C(=O)N2CCCC[C@H]2C(=O)O[C@H]([C@H](N)C[C@@H]2CC[C@H](n3nncc3-c3cccc(-c4cnc(N5CCN(C(=O)CCc6cn(CCOCCOCCOCCC(=O)NCCCCn7nc(-c8ccc9oc(N)nc9c8)c8c(N)ncnc87)nn6)CC5)nc4)c3)[C@H](OC)C2)CC(=O)[C@H](C)/C=C(\C)[C@@H](O)[C@@H](O)C(=O)[C@H](C)C[C@H](C)/C=C/C=C/C=C/1C. The van der Waals surface area contributed by atoms with Gasteiger partial charge < -0.3 is 90.1 Å². The van der Waals surface area contributed by atoms with Crippen LogP contribution in [-0.2, 0) is 86.2 Å². The lowest BCUT2D eigenvalue weighted by atomic mass is 9.79. The van der Waals surface area contributed by atoms with Crippen LogP contribution < -0.4 is 27.4 Å². The van der Waals surface area contributed by atoms with Crippen molar-refractivity contribution in [2.75, 3.05) is 109 Å². The van der Waals surface area contributed by atoms with Gasteiger partial charge in [-0.1, -0.05) is 92.8 Å². The molecule has 13 rings (SSSR count). The molecule has 0 unspecified atom stereocenters. The number of fused-ring (bicyclic) bond motifs is 5. The van der Waals surface area contributed by atoms with E-state index in [1.807, 2.05) is 96.4 Å². The highest BCUT2D eigenvalue weighted by Crippen LogP contribution is 2.42. The molecule has 10 N–H and O–H groups in total. The van der Waals surface area contributed by atoms with E-state index in [-0.39, 0.29) is 93.0 Å². The molecule has 38 nitrogen and oxygen atoms in total. The summed E-state index contributed by atoms with van der Waals surface area (Å²) in [7, 11) is 3.19. The number of aliphatic hydroxyl groups excluding tert-OH is 2. The zero-order valence-corrected chi connectivity index (χ0v) is 77.2. The van der Waals surface area contributed by atoms with E-state index in [0.717, 1.165) is 44.8 Å².